The van der Waals surface area contributed by atoms with Gasteiger partial charge in [-0.05, 0) is 91.3 Å². The highest BCUT2D eigenvalue weighted by molar-refractivity contribution is 5.81. The van der Waals surface area contributed by atoms with Crippen molar-refractivity contribution in [1.29, 1.82) is 0 Å². The summed E-state index contributed by atoms with van der Waals surface area (Å²) in [7, 11) is 0. The maximum atomic E-state index is 14.4. The standard InChI is InChI=1S/C35H33FN6O6/c1-4-34(43)47-20-18-45-29-13-10-27(11-14-29)38-41-32-16-12-28(22-24(32)3)40-37-25-6-8-26(9-7-25)39-42-33-17-15-30(23-31(33)36)46-19-21-48-35(44)5-2/h4-17,22-23,37,40H,1-2,18-21H2,3H3. The van der Waals surface area contributed by atoms with Crippen LogP contribution in [0.1, 0.15) is 5.56 Å². The van der Waals surface area contributed by atoms with Gasteiger partial charge in [0.15, 0.2) is 5.82 Å². The summed E-state index contributed by atoms with van der Waals surface area (Å²) in [5.74, 6) is -0.760. The molecule has 4 rings (SSSR count). The molecule has 0 atom stereocenters. The van der Waals surface area contributed by atoms with Crippen LogP contribution in [0, 0.1) is 12.7 Å². The second-order valence-electron chi connectivity index (χ2n) is 9.75. The third-order valence-electron chi connectivity index (χ3n) is 6.24. The topological polar surface area (TPSA) is 145 Å². The van der Waals surface area contributed by atoms with Crippen molar-refractivity contribution in [3.8, 4) is 11.5 Å². The summed E-state index contributed by atoms with van der Waals surface area (Å²) >= 11 is 0. The maximum absolute atomic E-state index is 14.4. The zero-order valence-electron chi connectivity index (χ0n) is 26.1. The van der Waals surface area contributed by atoms with Crippen LogP contribution in [-0.4, -0.2) is 38.4 Å². The predicted molar refractivity (Wildman–Crippen MR) is 179 cm³/mol. The number of hydrogen-bond donors (Lipinski definition) is 2. The lowest BCUT2D eigenvalue weighted by Gasteiger charge is -2.11. The average molecular weight is 653 g/mol. The van der Waals surface area contributed by atoms with Crippen LogP contribution >= 0.6 is 0 Å². The number of rotatable bonds is 17. The molecule has 0 heterocycles. The molecule has 13 heteroatoms. The highest BCUT2D eigenvalue weighted by Crippen LogP contribution is 2.28. The number of ether oxygens (including phenoxy) is 4. The summed E-state index contributed by atoms with van der Waals surface area (Å²) in [6, 6.07) is 24.0. The van der Waals surface area contributed by atoms with E-state index in [9.17, 15) is 14.0 Å². The number of anilines is 2. The summed E-state index contributed by atoms with van der Waals surface area (Å²) in [6.07, 6.45) is 2.15. The molecule has 0 unspecified atom stereocenters. The third kappa shape index (κ3) is 11.2. The van der Waals surface area contributed by atoms with Crippen LogP contribution in [0.3, 0.4) is 0 Å². The fraction of sp³-hybridized carbons (Fsp3) is 0.143. The number of hydrogen-bond acceptors (Lipinski definition) is 12. The van der Waals surface area contributed by atoms with E-state index >= 15 is 0 Å². The number of hydrazine groups is 1. The molecule has 0 fully saturated rings. The summed E-state index contributed by atoms with van der Waals surface area (Å²) in [4.78, 5) is 22.1. The molecule has 0 aromatic heterocycles. The van der Waals surface area contributed by atoms with Crippen molar-refractivity contribution >= 4 is 46.1 Å². The van der Waals surface area contributed by atoms with Crippen molar-refractivity contribution < 1.29 is 32.9 Å². The van der Waals surface area contributed by atoms with E-state index < -0.39 is 17.8 Å². The second-order valence-corrected chi connectivity index (χ2v) is 9.75. The van der Waals surface area contributed by atoms with Gasteiger partial charge in [-0.3, -0.25) is 0 Å². The zero-order chi connectivity index (χ0) is 34.1. The molecule has 0 saturated carbocycles. The molecule has 0 amide bonds. The molecule has 0 saturated heterocycles. The number of halogens is 1. The molecule has 0 aliphatic rings. The number of benzene rings is 4. The molecule has 4 aromatic carbocycles. The number of esters is 2. The smallest absolute Gasteiger partial charge is 0.330 e. The van der Waals surface area contributed by atoms with E-state index in [1.54, 1.807) is 54.6 Å². The Morgan fingerprint density at radius 1 is 0.646 bits per heavy atom. The molecular formula is C35H33FN6O6. The van der Waals surface area contributed by atoms with Crippen LogP contribution in [-0.2, 0) is 19.1 Å². The van der Waals surface area contributed by atoms with Crippen LogP contribution in [0.5, 0.6) is 11.5 Å². The molecule has 48 heavy (non-hydrogen) atoms. The Kier molecular flexibility index (Phi) is 12.9. The van der Waals surface area contributed by atoms with E-state index in [-0.39, 0.29) is 37.9 Å². The van der Waals surface area contributed by atoms with Crippen molar-refractivity contribution in [1.82, 2.24) is 0 Å². The number of carbonyl (C=O) groups excluding carboxylic acids is 2. The molecule has 246 valence electrons. The lowest BCUT2D eigenvalue weighted by Crippen LogP contribution is -2.10. The number of azo groups is 2. The van der Waals surface area contributed by atoms with Gasteiger partial charge in [-0.2, -0.15) is 15.3 Å². The largest absolute Gasteiger partial charge is 0.490 e. The predicted octanol–water partition coefficient (Wildman–Crippen LogP) is 8.62. The van der Waals surface area contributed by atoms with Crippen LogP contribution < -0.4 is 20.3 Å². The first-order chi connectivity index (χ1) is 23.3. The summed E-state index contributed by atoms with van der Waals surface area (Å²) < 4.78 is 35.0. The van der Waals surface area contributed by atoms with E-state index in [0.717, 1.165) is 29.1 Å². The zero-order valence-corrected chi connectivity index (χ0v) is 26.1. The minimum atomic E-state index is -0.604. The Labute approximate surface area is 276 Å². The van der Waals surface area contributed by atoms with Crippen LogP contribution in [0.15, 0.2) is 131 Å². The molecule has 0 aliphatic carbocycles. The summed E-state index contributed by atoms with van der Waals surface area (Å²) in [5, 5.41) is 16.7. The maximum Gasteiger partial charge on any atom is 0.330 e. The minimum Gasteiger partial charge on any atom is -0.490 e. The van der Waals surface area contributed by atoms with E-state index in [0.29, 0.717) is 22.8 Å². The number of nitrogens with zero attached hydrogens (tertiary/aromatic N) is 4. The van der Waals surface area contributed by atoms with Gasteiger partial charge >= 0.3 is 11.9 Å². The Morgan fingerprint density at radius 2 is 1.15 bits per heavy atom. The number of carbonyl (C=O) groups is 2. The molecule has 0 radical (unpaired) electrons. The summed E-state index contributed by atoms with van der Waals surface area (Å²) in [6.45, 7) is 9.02. The van der Waals surface area contributed by atoms with Gasteiger partial charge in [-0.25, -0.2) is 14.0 Å². The van der Waals surface area contributed by atoms with Crippen molar-refractivity contribution in [2.24, 2.45) is 20.5 Å². The van der Waals surface area contributed by atoms with Gasteiger partial charge in [0.05, 0.1) is 28.4 Å². The van der Waals surface area contributed by atoms with Crippen LogP contribution in [0.4, 0.5) is 38.5 Å². The van der Waals surface area contributed by atoms with Gasteiger partial charge in [0, 0.05) is 18.2 Å². The van der Waals surface area contributed by atoms with E-state index in [1.807, 2.05) is 25.1 Å². The Morgan fingerprint density at radius 3 is 1.73 bits per heavy atom. The lowest BCUT2D eigenvalue weighted by atomic mass is 10.2. The Balaban J connectivity index is 1.22. The van der Waals surface area contributed by atoms with Crippen molar-refractivity contribution in [3.63, 3.8) is 0 Å². The Bertz CT molecular complexity index is 1780. The van der Waals surface area contributed by atoms with E-state index in [4.69, 9.17) is 18.9 Å². The molecule has 0 bridgehead atoms. The summed E-state index contributed by atoms with van der Waals surface area (Å²) in [5.41, 5.74) is 10.7. The van der Waals surface area contributed by atoms with Gasteiger partial charge in [0.1, 0.15) is 43.6 Å². The van der Waals surface area contributed by atoms with E-state index in [1.165, 1.54) is 12.1 Å². The number of nitrogens with one attached hydrogen (secondary N) is 2. The highest BCUT2D eigenvalue weighted by atomic mass is 19.1. The molecule has 0 spiro atoms. The molecule has 12 nitrogen and oxygen atoms in total. The molecule has 2 N–H and O–H groups in total. The lowest BCUT2D eigenvalue weighted by molar-refractivity contribution is -0.139. The third-order valence-corrected chi connectivity index (χ3v) is 6.24. The van der Waals surface area contributed by atoms with Crippen molar-refractivity contribution in [2.75, 3.05) is 37.3 Å². The molecule has 4 aromatic rings. The van der Waals surface area contributed by atoms with Gasteiger partial charge in [0.25, 0.3) is 0 Å². The first-order valence-electron chi connectivity index (χ1n) is 14.6. The van der Waals surface area contributed by atoms with E-state index in [2.05, 4.69) is 44.5 Å². The van der Waals surface area contributed by atoms with Gasteiger partial charge in [-0.15, -0.1) is 5.11 Å². The second kappa shape index (κ2) is 17.9. The monoisotopic (exact) mass is 652 g/mol. The van der Waals surface area contributed by atoms with Crippen LogP contribution in [0.2, 0.25) is 0 Å². The molecule has 0 aliphatic heterocycles. The molecular weight excluding hydrogens is 619 g/mol. The minimum absolute atomic E-state index is 0.0173. The first-order valence-corrected chi connectivity index (χ1v) is 14.6. The first kappa shape index (κ1) is 34.5. The average Bonchev–Trinajstić information content (AvgIpc) is 3.11. The normalized spacial score (nSPS) is 10.8. The van der Waals surface area contributed by atoms with Gasteiger partial charge < -0.3 is 29.8 Å². The fourth-order valence-corrected chi connectivity index (χ4v) is 3.81. The van der Waals surface area contributed by atoms with Gasteiger partial charge in [-0.1, -0.05) is 13.2 Å². The van der Waals surface area contributed by atoms with Crippen LogP contribution in [0.25, 0.3) is 0 Å². The fourth-order valence-electron chi connectivity index (χ4n) is 3.81. The quantitative estimate of drug-likeness (QED) is 0.0379. The highest BCUT2D eigenvalue weighted by Gasteiger charge is 2.06. The number of aryl methyl sites for hydroxylation is 1. The Hall–Kier alpha value is -6.37. The van der Waals surface area contributed by atoms with Crippen molar-refractivity contribution in [3.05, 3.63) is 122 Å². The van der Waals surface area contributed by atoms with Crippen molar-refractivity contribution in [2.45, 2.75) is 6.92 Å². The SMILES string of the molecule is C=CC(=O)OCCOc1ccc(N=Nc2ccc(NNc3ccc(N=Nc4ccc(OCCOC(=O)C=C)cc4F)cc3)cc2C)cc1. The van der Waals surface area contributed by atoms with Gasteiger partial charge in [0.2, 0.25) is 0 Å².